The average molecular weight is 271 g/mol. The summed E-state index contributed by atoms with van der Waals surface area (Å²) >= 11 is 0. The standard InChI is InChI=1S/C18H13N3/c1-4-17-16(3-2-9-20-17)18(5-1)21-15-7-6-14-12-19-10-8-13(14)11-15/h1-12,21H. The van der Waals surface area contributed by atoms with Crippen LogP contribution in [0.5, 0.6) is 0 Å². The molecule has 0 unspecified atom stereocenters. The smallest absolute Gasteiger partial charge is 0.0722 e. The molecule has 0 bridgehead atoms. The number of rotatable bonds is 2. The van der Waals surface area contributed by atoms with Crippen molar-refractivity contribution in [1.29, 1.82) is 0 Å². The van der Waals surface area contributed by atoms with E-state index >= 15 is 0 Å². The topological polar surface area (TPSA) is 37.8 Å². The van der Waals surface area contributed by atoms with Crippen molar-refractivity contribution in [3.63, 3.8) is 0 Å². The van der Waals surface area contributed by atoms with Gasteiger partial charge in [0, 0.05) is 40.7 Å². The van der Waals surface area contributed by atoms with Crippen molar-refractivity contribution in [2.45, 2.75) is 0 Å². The summed E-state index contributed by atoms with van der Waals surface area (Å²) in [6, 6.07) is 18.4. The van der Waals surface area contributed by atoms with E-state index in [1.54, 1.807) is 0 Å². The van der Waals surface area contributed by atoms with Crippen LogP contribution in [0.1, 0.15) is 0 Å². The van der Waals surface area contributed by atoms with Crippen LogP contribution < -0.4 is 5.32 Å². The third-order valence-corrected chi connectivity index (χ3v) is 3.57. The van der Waals surface area contributed by atoms with Gasteiger partial charge in [0.2, 0.25) is 0 Å². The molecule has 0 saturated carbocycles. The number of nitrogens with one attached hydrogen (secondary N) is 1. The first kappa shape index (κ1) is 11.9. The molecule has 0 aliphatic heterocycles. The highest BCUT2D eigenvalue weighted by Gasteiger charge is 2.02. The van der Waals surface area contributed by atoms with Crippen molar-refractivity contribution in [2.24, 2.45) is 0 Å². The SMILES string of the molecule is c1cc(Nc2ccc3cnccc3c2)c2cccnc2c1. The molecule has 2 aromatic carbocycles. The maximum Gasteiger partial charge on any atom is 0.0722 e. The lowest BCUT2D eigenvalue weighted by atomic mass is 10.1. The van der Waals surface area contributed by atoms with Gasteiger partial charge in [0.05, 0.1) is 5.52 Å². The summed E-state index contributed by atoms with van der Waals surface area (Å²) in [5.74, 6) is 0. The van der Waals surface area contributed by atoms with Crippen LogP contribution in [0.4, 0.5) is 11.4 Å². The fraction of sp³-hybridized carbons (Fsp3) is 0. The highest BCUT2D eigenvalue weighted by Crippen LogP contribution is 2.26. The van der Waals surface area contributed by atoms with E-state index in [-0.39, 0.29) is 0 Å². The largest absolute Gasteiger partial charge is 0.355 e. The van der Waals surface area contributed by atoms with E-state index in [4.69, 9.17) is 0 Å². The van der Waals surface area contributed by atoms with Crippen LogP contribution in [0.3, 0.4) is 0 Å². The fourth-order valence-corrected chi connectivity index (χ4v) is 2.53. The minimum atomic E-state index is 0.993. The lowest BCUT2D eigenvalue weighted by Gasteiger charge is -2.10. The molecule has 100 valence electrons. The summed E-state index contributed by atoms with van der Waals surface area (Å²) < 4.78 is 0. The quantitative estimate of drug-likeness (QED) is 0.582. The van der Waals surface area contributed by atoms with E-state index in [1.165, 1.54) is 5.39 Å². The van der Waals surface area contributed by atoms with Gasteiger partial charge < -0.3 is 5.32 Å². The predicted molar refractivity (Wildman–Crippen MR) is 86.8 cm³/mol. The fourth-order valence-electron chi connectivity index (χ4n) is 2.53. The number of anilines is 2. The third kappa shape index (κ3) is 2.19. The molecule has 0 fully saturated rings. The van der Waals surface area contributed by atoms with Gasteiger partial charge in [-0.05, 0) is 47.9 Å². The van der Waals surface area contributed by atoms with Gasteiger partial charge in [0.25, 0.3) is 0 Å². The lowest BCUT2D eigenvalue weighted by molar-refractivity contribution is 1.36. The predicted octanol–water partition coefficient (Wildman–Crippen LogP) is 4.53. The molecule has 21 heavy (non-hydrogen) atoms. The number of nitrogens with zero attached hydrogens (tertiary/aromatic N) is 2. The molecule has 4 rings (SSSR count). The molecule has 3 heteroatoms. The van der Waals surface area contributed by atoms with E-state index in [1.807, 2.05) is 42.9 Å². The second-order valence-electron chi connectivity index (χ2n) is 4.94. The van der Waals surface area contributed by atoms with Crippen molar-refractivity contribution in [3.05, 3.63) is 73.2 Å². The number of aromatic nitrogens is 2. The zero-order valence-electron chi connectivity index (χ0n) is 11.3. The van der Waals surface area contributed by atoms with Gasteiger partial charge in [-0.15, -0.1) is 0 Å². The summed E-state index contributed by atoms with van der Waals surface area (Å²) in [6.07, 6.45) is 5.50. The van der Waals surface area contributed by atoms with Gasteiger partial charge in [-0.25, -0.2) is 0 Å². The second-order valence-corrected chi connectivity index (χ2v) is 4.94. The van der Waals surface area contributed by atoms with E-state index in [0.717, 1.165) is 27.7 Å². The van der Waals surface area contributed by atoms with Crippen LogP contribution in [0.15, 0.2) is 73.2 Å². The van der Waals surface area contributed by atoms with Gasteiger partial charge >= 0.3 is 0 Å². The van der Waals surface area contributed by atoms with Crippen LogP contribution in [0, 0.1) is 0 Å². The van der Waals surface area contributed by atoms with Crippen molar-refractivity contribution >= 4 is 33.1 Å². The Hall–Kier alpha value is -2.94. The van der Waals surface area contributed by atoms with Gasteiger partial charge in [0.15, 0.2) is 0 Å². The summed E-state index contributed by atoms with van der Waals surface area (Å²) in [7, 11) is 0. The monoisotopic (exact) mass is 271 g/mol. The molecular weight excluding hydrogens is 258 g/mol. The van der Waals surface area contributed by atoms with Gasteiger partial charge in [-0.1, -0.05) is 12.1 Å². The lowest BCUT2D eigenvalue weighted by Crippen LogP contribution is -1.92. The van der Waals surface area contributed by atoms with E-state index in [0.29, 0.717) is 0 Å². The van der Waals surface area contributed by atoms with Crippen LogP contribution in [0.2, 0.25) is 0 Å². The normalized spacial score (nSPS) is 10.9. The van der Waals surface area contributed by atoms with Crippen LogP contribution in [0.25, 0.3) is 21.7 Å². The minimum Gasteiger partial charge on any atom is -0.355 e. The molecular formula is C18H13N3. The molecule has 0 spiro atoms. The molecule has 0 saturated heterocycles. The van der Waals surface area contributed by atoms with Crippen molar-refractivity contribution in [1.82, 2.24) is 9.97 Å². The maximum absolute atomic E-state index is 4.39. The highest BCUT2D eigenvalue weighted by molar-refractivity contribution is 5.94. The highest BCUT2D eigenvalue weighted by atomic mass is 14.9. The van der Waals surface area contributed by atoms with Crippen molar-refractivity contribution < 1.29 is 0 Å². The molecule has 3 nitrogen and oxygen atoms in total. The molecule has 0 aliphatic rings. The third-order valence-electron chi connectivity index (χ3n) is 3.57. The van der Waals surface area contributed by atoms with Crippen LogP contribution >= 0.6 is 0 Å². The molecule has 2 heterocycles. The number of pyridine rings is 2. The number of fused-ring (bicyclic) bond motifs is 2. The summed E-state index contributed by atoms with van der Waals surface area (Å²) in [4.78, 5) is 8.52. The van der Waals surface area contributed by atoms with Crippen LogP contribution in [-0.2, 0) is 0 Å². The zero-order valence-corrected chi connectivity index (χ0v) is 11.3. The Labute approximate surface area is 122 Å². The molecule has 0 radical (unpaired) electrons. The Morgan fingerprint density at radius 1 is 0.810 bits per heavy atom. The van der Waals surface area contributed by atoms with Crippen molar-refractivity contribution in [3.8, 4) is 0 Å². The minimum absolute atomic E-state index is 0.993. The Morgan fingerprint density at radius 3 is 2.81 bits per heavy atom. The summed E-state index contributed by atoms with van der Waals surface area (Å²) in [5.41, 5.74) is 3.12. The van der Waals surface area contributed by atoms with Gasteiger partial charge in [0.1, 0.15) is 0 Å². The zero-order chi connectivity index (χ0) is 14.1. The average Bonchev–Trinajstić information content (AvgIpc) is 2.55. The first-order valence-corrected chi connectivity index (χ1v) is 6.85. The van der Waals surface area contributed by atoms with E-state index in [2.05, 4.69) is 45.6 Å². The van der Waals surface area contributed by atoms with E-state index < -0.39 is 0 Å². The summed E-state index contributed by atoms with van der Waals surface area (Å²) in [5, 5.41) is 6.91. The summed E-state index contributed by atoms with van der Waals surface area (Å²) in [6.45, 7) is 0. The first-order chi connectivity index (χ1) is 10.4. The number of hydrogen-bond donors (Lipinski definition) is 1. The molecule has 1 N–H and O–H groups in total. The van der Waals surface area contributed by atoms with Crippen LogP contribution in [-0.4, -0.2) is 9.97 Å². The van der Waals surface area contributed by atoms with Gasteiger partial charge in [-0.2, -0.15) is 0 Å². The molecule has 0 amide bonds. The Morgan fingerprint density at radius 2 is 1.81 bits per heavy atom. The number of benzene rings is 2. The maximum atomic E-state index is 4.39. The Balaban J connectivity index is 1.79. The Kier molecular flexibility index (Phi) is 2.75. The molecule has 4 aromatic rings. The van der Waals surface area contributed by atoms with E-state index in [9.17, 15) is 0 Å². The van der Waals surface area contributed by atoms with Crippen molar-refractivity contribution in [2.75, 3.05) is 5.32 Å². The Bertz CT molecular complexity index is 926. The molecule has 2 aromatic heterocycles. The molecule has 0 atom stereocenters. The van der Waals surface area contributed by atoms with Gasteiger partial charge in [-0.3, -0.25) is 9.97 Å². The second kappa shape index (κ2) is 4.87. The molecule has 0 aliphatic carbocycles. The first-order valence-electron chi connectivity index (χ1n) is 6.85. The number of hydrogen-bond acceptors (Lipinski definition) is 3.